The number of hydrogen-bond donors (Lipinski definition) is 0. The molecule has 5 heteroatoms. The molecule has 0 fully saturated rings. The van der Waals surface area contributed by atoms with Crippen molar-refractivity contribution < 1.29 is 19.0 Å². The normalized spacial score (nSPS) is 19.0. The molecule has 1 unspecified atom stereocenters. The first kappa shape index (κ1) is 21.0. The Morgan fingerprint density at radius 1 is 1.22 bits per heavy atom. The number of benzene rings is 1. The fourth-order valence-corrected chi connectivity index (χ4v) is 3.37. The Balaban J connectivity index is 2.65. The Morgan fingerprint density at radius 2 is 1.93 bits per heavy atom. The van der Waals surface area contributed by atoms with Crippen LogP contribution in [0.15, 0.2) is 42.2 Å². The molecule has 1 amide bonds. The molecule has 0 N–H and O–H groups in total. The minimum Gasteiger partial charge on any atom is -0.497 e. The number of ether oxygens (including phenoxy) is 3. The van der Waals surface area contributed by atoms with Gasteiger partial charge in [0.15, 0.2) is 0 Å². The highest BCUT2D eigenvalue weighted by Gasteiger charge is 2.38. The van der Waals surface area contributed by atoms with E-state index in [1.54, 1.807) is 14.2 Å². The van der Waals surface area contributed by atoms with Gasteiger partial charge in [-0.1, -0.05) is 6.07 Å². The van der Waals surface area contributed by atoms with Gasteiger partial charge in [-0.2, -0.15) is 0 Å². The number of allylic oxidation sites excluding steroid dienone is 1. The molecule has 1 aliphatic carbocycles. The van der Waals surface area contributed by atoms with Crippen LogP contribution in [0.2, 0.25) is 0 Å². The van der Waals surface area contributed by atoms with Crippen molar-refractivity contribution in [3.05, 3.63) is 53.3 Å². The second-order valence-corrected chi connectivity index (χ2v) is 6.76. The summed E-state index contributed by atoms with van der Waals surface area (Å²) >= 11 is 0. The summed E-state index contributed by atoms with van der Waals surface area (Å²) in [7, 11) is 3.30. The molecular weight excluding hydrogens is 342 g/mol. The van der Waals surface area contributed by atoms with Gasteiger partial charge in [-0.25, -0.2) is 0 Å². The number of amides is 1. The summed E-state index contributed by atoms with van der Waals surface area (Å²) in [5, 5.41) is 0. The maximum absolute atomic E-state index is 13.2. The van der Waals surface area contributed by atoms with Crippen LogP contribution in [0.4, 0.5) is 0 Å². The van der Waals surface area contributed by atoms with Crippen LogP contribution in [0.1, 0.15) is 50.0 Å². The smallest absolute Gasteiger partial charge is 0.254 e. The van der Waals surface area contributed by atoms with Gasteiger partial charge < -0.3 is 19.1 Å². The van der Waals surface area contributed by atoms with Crippen molar-refractivity contribution in [2.24, 2.45) is 0 Å². The van der Waals surface area contributed by atoms with Crippen LogP contribution in [0.3, 0.4) is 0 Å². The standard InChI is InChI=1S/C22H31NO4/c1-7-23(8-2)21(24)18-10-9-11-19(27-16(3)4)20(18)22(26-6)14-12-17(25-5)13-15-22/h9-14,16H,7-8,15H2,1-6H3. The van der Waals surface area contributed by atoms with E-state index in [0.29, 0.717) is 30.8 Å². The van der Waals surface area contributed by atoms with Crippen LogP contribution in [-0.2, 0) is 15.1 Å². The number of nitrogens with zero attached hydrogens (tertiary/aromatic N) is 1. The highest BCUT2D eigenvalue weighted by atomic mass is 16.5. The Bertz CT molecular complexity index is 719. The minimum absolute atomic E-state index is 0.0180. The van der Waals surface area contributed by atoms with Gasteiger partial charge in [0.05, 0.1) is 13.2 Å². The van der Waals surface area contributed by atoms with Crippen molar-refractivity contribution in [3.8, 4) is 5.75 Å². The molecule has 2 rings (SSSR count). The highest BCUT2D eigenvalue weighted by Crippen LogP contribution is 2.42. The van der Waals surface area contributed by atoms with E-state index in [2.05, 4.69) is 0 Å². The Hall–Kier alpha value is -2.27. The number of carbonyl (C=O) groups excluding carboxylic acids is 1. The van der Waals surface area contributed by atoms with Gasteiger partial charge in [0, 0.05) is 37.7 Å². The molecular formula is C22H31NO4. The Morgan fingerprint density at radius 3 is 2.41 bits per heavy atom. The van der Waals surface area contributed by atoms with Gasteiger partial charge in [0.1, 0.15) is 17.1 Å². The van der Waals surface area contributed by atoms with E-state index in [1.807, 2.05) is 69.0 Å². The Labute approximate surface area is 162 Å². The van der Waals surface area contributed by atoms with Crippen molar-refractivity contribution in [1.82, 2.24) is 4.90 Å². The van der Waals surface area contributed by atoms with Crippen molar-refractivity contribution in [2.45, 2.75) is 45.8 Å². The predicted octanol–water partition coefficient (Wildman–Crippen LogP) is 4.29. The van der Waals surface area contributed by atoms with Gasteiger partial charge in [-0.3, -0.25) is 4.79 Å². The second-order valence-electron chi connectivity index (χ2n) is 6.76. The SMILES string of the molecule is CCN(CC)C(=O)c1cccc(OC(C)C)c1C1(OC)C=CC(OC)=CC1. The summed E-state index contributed by atoms with van der Waals surface area (Å²) < 4.78 is 17.4. The third kappa shape index (κ3) is 4.35. The molecule has 1 aliphatic rings. The van der Waals surface area contributed by atoms with Crippen molar-refractivity contribution in [3.63, 3.8) is 0 Å². The lowest BCUT2D eigenvalue weighted by Gasteiger charge is -2.35. The van der Waals surface area contributed by atoms with E-state index in [0.717, 1.165) is 11.3 Å². The molecule has 1 aromatic carbocycles. The van der Waals surface area contributed by atoms with Crippen LogP contribution in [-0.4, -0.2) is 44.2 Å². The zero-order valence-corrected chi connectivity index (χ0v) is 17.2. The van der Waals surface area contributed by atoms with Gasteiger partial charge >= 0.3 is 0 Å². The zero-order chi connectivity index (χ0) is 20.0. The van der Waals surface area contributed by atoms with E-state index in [1.165, 1.54) is 0 Å². The second kappa shape index (κ2) is 9.09. The maximum Gasteiger partial charge on any atom is 0.254 e. The third-order valence-corrected chi connectivity index (χ3v) is 4.82. The lowest BCUT2D eigenvalue weighted by Crippen LogP contribution is -2.36. The molecule has 0 saturated heterocycles. The summed E-state index contributed by atoms with van der Waals surface area (Å²) in [6.45, 7) is 9.20. The van der Waals surface area contributed by atoms with Gasteiger partial charge in [-0.05, 0) is 58.1 Å². The predicted molar refractivity (Wildman–Crippen MR) is 107 cm³/mol. The van der Waals surface area contributed by atoms with Gasteiger partial charge in [0.2, 0.25) is 0 Å². The lowest BCUT2D eigenvalue weighted by atomic mass is 9.82. The summed E-state index contributed by atoms with van der Waals surface area (Å²) in [6.07, 6.45) is 6.34. The van der Waals surface area contributed by atoms with Crippen LogP contribution >= 0.6 is 0 Å². The zero-order valence-electron chi connectivity index (χ0n) is 17.2. The van der Waals surface area contributed by atoms with E-state index in [-0.39, 0.29) is 12.0 Å². The fraction of sp³-hybridized carbons (Fsp3) is 0.500. The molecule has 0 bridgehead atoms. The van der Waals surface area contributed by atoms with E-state index in [9.17, 15) is 4.79 Å². The monoisotopic (exact) mass is 373 g/mol. The summed E-state index contributed by atoms with van der Waals surface area (Å²) in [5.74, 6) is 1.43. The average Bonchev–Trinajstić information content (AvgIpc) is 2.68. The van der Waals surface area contributed by atoms with Crippen LogP contribution < -0.4 is 4.74 Å². The molecule has 0 saturated carbocycles. The average molecular weight is 373 g/mol. The molecule has 0 aromatic heterocycles. The molecule has 0 radical (unpaired) electrons. The molecule has 1 aromatic rings. The first-order valence-electron chi connectivity index (χ1n) is 9.50. The number of rotatable bonds is 8. The number of carbonyl (C=O) groups is 1. The molecule has 148 valence electrons. The van der Waals surface area contributed by atoms with Crippen molar-refractivity contribution >= 4 is 5.91 Å². The molecule has 5 nitrogen and oxygen atoms in total. The van der Waals surface area contributed by atoms with Crippen molar-refractivity contribution in [1.29, 1.82) is 0 Å². The topological polar surface area (TPSA) is 48.0 Å². The third-order valence-electron chi connectivity index (χ3n) is 4.82. The van der Waals surface area contributed by atoms with Crippen molar-refractivity contribution in [2.75, 3.05) is 27.3 Å². The molecule has 27 heavy (non-hydrogen) atoms. The molecule has 0 aliphatic heterocycles. The summed E-state index contributed by atoms with van der Waals surface area (Å²) in [6, 6.07) is 5.62. The van der Waals surface area contributed by atoms with Crippen LogP contribution in [0.5, 0.6) is 5.75 Å². The Kier molecular flexibility index (Phi) is 7.08. The first-order valence-corrected chi connectivity index (χ1v) is 9.50. The van der Waals surface area contributed by atoms with E-state index >= 15 is 0 Å². The van der Waals surface area contributed by atoms with Crippen LogP contribution in [0.25, 0.3) is 0 Å². The van der Waals surface area contributed by atoms with Gasteiger partial charge in [-0.15, -0.1) is 0 Å². The largest absolute Gasteiger partial charge is 0.497 e. The van der Waals surface area contributed by atoms with Crippen LogP contribution in [0, 0.1) is 0 Å². The molecule has 1 atom stereocenters. The first-order chi connectivity index (χ1) is 12.9. The summed E-state index contributed by atoms with van der Waals surface area (Å²) in [4.78, 5) is 15.0. The fourth-order valence-electron chi connectivity index (χ4n) is 3.37. The lowest BCUT2D eigenvalue weighted by molar-refractivity contribution is 0.0241. The maximum atomic E-state index is 13.2. The molecule has 0 spiro atoms. The van der Waals surface area contributed by atoms with Gasteiger partial charge in [0.25, 0.3) is 5.91 Å². The minimum atomic E-state index is -0.786. The number of hydrogen-bond acceptors (Lipinski definition) is 4. The quantitative estimate of drug-likeness (QED) is 0.682. The molecule has 0 heterocycles. The highest BCUT2D eigenvalue weighted by molar-refractivity contribution is 5.97. The van der Waals surface area contributed by atoms with E-state index in [4.69, 9.17) is 14.2 Å². The number of methoxy groups -OCH3 is 2. The van der Waals surface area contributed by atoms with E-state index < -0.39 is 5.60 Å². The summed E-state index contributed by atoms with van der Waals surface area (Å²) in [5.41, 5.74) is 0.587.